The number of nitrogens with zero attached hydrogens (tertiary/aromatic N) is 5. The van der Waals surface area contributed by atoms with Crippen LogP contribution in [0.3, 0.4) is 0 Å². The lowest BCUT2D eigenvalue weighted by atomic mass is 10.2. The zero-order valence-electron chi connectivity index (χ0n) is 17.7. The molecule has 1 aliphatic rings. The summed E-state index contributed by atoms with van der Waals surface area (Å²) in [6, 6.07) is 8.76. The van der Waals surface area contributed by atoms with E-state index in [9.17, 15) is 0 Å². The Morgan fingerprint density at radius 2 is 2.00 bits per heavy atom. The smallest absolute Gasteiger partial charge is 0.194 e. The summed E-state index contributed by atoms with van der Waals surface area (Å²) in [5.74, 6) is 2.62. The maximum absolute atomic E-state index is 4.89. The van der Waals surface area contributed by atoms with Gasteiger partial charge in [0.05, 0.1) is 0 Å². The van der Waals surface area contributed by atoms with Gasteiger partial charge in [0, 0.05) is 57.3 Å². The van der Waals surface area contributed by atoms with Crippen molar-refractivity contribution in [3.63, 3.8) is 0 Å². The fourth-order valence-corrected chi connectivity index (χ4v) is 3.62. The van der Waals surface area contributed by atoms with Crippen molar-refractivity contribution < 1.29 is 0 Å². The van der Waals surface area contributed by atoms with E-state index in [1.807, 2.05) is 6.20 Å². The number of piperazine rings is 1. The van der Waals surface area contributed by atoms with Crippen molar-refractivity contribution in [2.24, 2.45) is 10.9 Å². The lowest BCUT2D eigenvalue weighted by molar-refractivity contribution is 0.372. The van der Waals surface area contributed by atoms with Gasteiger partial charge in [-0.15, -0.1) is 0 Å². The minimum atomic E-state index is 0.597. The topological polar surface area (TPSA) is 48.7 Å². The number of hydrogen-bond acceptors (Lipinski definition) is 3. The van der Waals surface area contributed by atoms with Crippen LogP contribution in [0.1, 0.15) is 32.2 Å². The number of aliphatic imine (C=N–C) groups is 1. The Hall–Kier alpha value is -2.50. The summed E-state index contributed by atoms with van der Waals surface area (Å²) in [4.78, 5) is 14.2. The fourth-order valence-electron chi connectivity index (χ4n) is 3.62. The molecule has 3 rings (SSSR count). The van der Waals surface area contributed by atoms with Crippen LogP contribution in [0.25, 0.3) is 0 Å². The summed E-state index contributed by atoms with van der Waals surface area (Å²) in [7, 11) is 0. The lowest BCUT2D eigenvalue weighted by Gasteiger charge is -2.37. The Morgan fingerprint density at radius 1 is 1.21 bits per heavy atom. The highest BCUT2D eigenvalue weighted by Crippen LogP contribution is 2.18. The molecule has 6 nitrogen and oxygen atoms in total. The standard InChI is InChI=1S/C22H34N6/c1-5-23-22(25-16-21-24-9-10-28(21)17-18(2)3)27-13-11-26(12-14-27)20-8-6-7-19(4)15-20/h6-10,15,18H,5,11-14,16-17H2,1-4H3,(H,23,25). The predicted octanol–water partition coefficient (Wildman–Crippen LogP) is 3.14. The Bertz CT molecular complexity index is 771. The number of imidazole rings is 1. The SMILES string of the molecule is CCNC(=NCc1nccn1CC(C)C)N1CCN(c2cccc(C)c2)CC1. The van der Waals surface area contributed by atoms with Crippen LogP contribution in [0.15, 0.2) is 41.7 Å². The molecular formula is C22H34N6. The molecule has 6 heteroatoms. The van der Waals surface area contributed by atoms with Gasteiger partial charge in [-0.05, 0) is 37.5 Å². The number of nitrogens with one attached hydrogen (secondary N) is 1. The van der Waals surface area contributed by atoms with Crippen LogP contribution in [-0.2, 0) is 13.1 Å². The molecule has 0 amide bonds. The monoisotopic (exact) mass is 382 g/mol. The normalized spacial score (nSPS) is 15.4. The summed E-state index contributed by atoms with van der Waals surface area (Å²) >= 11 is 0. The number of rotatable bonds is 6. The predicted molar refractivity (Wildman–Crippen MR) is 117 cm³/mol. The summed E-state index contributed by atoms with van der Waals surface area (Å²) in [5, 5.41) is 3.46. The van der Waals surface area contributed by atoms with E-state index in [0.29, 0.717) is 12.5 Å². The van der Waals surface area contributed by atoms with E-state index >= 15 is 0 Å². The highest BCUT2D eigenvalue weighted by molar-refractivity contribution is 5.80. The van der Waals surface area contributed by atoms with E-state index in [0.717, 1.165) is 51.1 Å². The number of benzene rings is 1. The van der Waals surface area contributed by atoms with E-state index in [1.54, 1.807) is 0 Å². The molecule has 2 aromatic rings. The molecule has 0 aliphatic carbocycles. The van der Waals surface area contributed by atoms with Gasteiger partial charge in [-0.2, -0.15) is 0 Å². The van der Waals surface area contributed by atoms with Crippen molar-refractivity contribution in [1.29, 1.82) is 0 Å². The molecule has 0 unspecified atom stereocenters. The summed E-state index contributed by atoms with van der Waals surface area (Å²) in [6.07, 6.45) is 3.93. The quantitative estimate of drug-likeness (QED) is 0.616. The first-order chi connectivity index (χ1) is 13.6. The van der Waals surface area contributed by atoms with Gasteiger partial charge < -0.3 is 19.7 Å². The molecule has 0 atom stereocenters. The van der Waals surface area contributed by atoms with Crippen molar-refractivity contribution in [1.82, 2.24) is 19.8 Å². The molecular weight excluding hydrogens is 348 g/mol. The van der Waals surface area contributed by atoms with E-state index in [4.69, 9.17) is 4.99 Å². The van der Waals surface area contributed by atoms with E-state index < -0.39 is 0 Å². The molecule has 0 radical (unpaired) electrons. The third-order valence-corrected chi connectivity index (χ3v) is 5.01. The second-order valence-corrected chi connectivity index (χ2v) is 7.87. The number of anilines is 1. The van der Waals surface area contributed by atoms with Crippen LogP contribution in [-0.4, -0.2) is 53.1 Å². The van der Waals surface area contributed by atoms with Gasteiger partial charge in [-0.1, -0.05) is 26.0 Å². The Morgan fingerprint density at radius 3 is 2.68 bits per heavy atom. The van der Waals surface area contributed by atoms with E-state index in [-0.39, 0.29) is 0 Å². The van der Waals surface area contributed by atoms with Crippen molar-refractivity contribution in [2.45, 2.75) is 40.8 Å². The van der Waals surface area contributed by atoms with Crippen LogP contribution < -0.4 is 10.2 Å². The number of aryl methyl sites for hydroxylation is 1. The molecule has 0 saturated carbocycles. The van der Waals surface area contributed by atoms with Crippen LogP contribution in [0.2, 0.25) is 0 Å². The van der Waals surface area contributed by atoms with E-state index in [2.05, 4.69) is 82.8 Å². The second-order valence-electron chi connectivity index (χ2n) is 7.87. The molecule has 152 valence electrons. The Kier molecular flexibility index (Phi) is 6.95. The first-order valence-corrected chi connectivity index (χ1v) is 10.4. The van der Waals surface area contributed by atoms with E-state index in [1.165, 1.54) is 11.3 Å². The minimum Gasteiger partial charge on any atom is -0.368 e. The second kappa shape index (κ2) is 9.62. The van der Waals surface area contributed by atoms with Crippen LogP contribution in [0.5, 0.6) is 0 Å². The molecule has 1 aromatic carbocycles. The zero-order valence-corrected chi connectivity index (χ0v) is 17.7. The number of hydrogen-bond donors (Lipinski definition) is 1. The highest BCUT2D eigenvalue weighted by Gasteiger charge is 2.20. The van der Waals surface area contributed by atoms with Crippen molar-refractivity contribution in [3.8, 4) is 0 Å². The molecule has 0 bridgehead atoms. The van der Waals surface area contributed by atoms with Gasteiger partial charge in [0.25, 0.3) is 0 Å². The summed E-state index contributed by atoms with van der Waals surface area (Å²) in [6.45, 7) is 15.2. The molecule has 1 fully saturated rings. The maximum atomic E-state index is 4.89. The van der Waals surface area contributed by atoms with Gasteiger partial charge in [-0.3, -0.25) is 0 Å². The average molecular weight is 383 g/mol. The van der Waals surface area contributed by atoms with Crippen molar-refractivity contribution in [3.05, 3.63) is 48.0 Å². The third kappa shape index (κ3) is 5.27. The Balaban J connectivity index is 1.63. The van der Waals surface area contributed by atoms with Crippen molar-refractivity contribution in [2.75, 3.05) is 37.6 Å². The highest BCUT2D eigenvalue weighted by atomic mass is 15.3. The minimum absolute atomic E-state index is 0.597. The molecule has 1 saturated heterocycles. The molecule has 1 aliphatic heterocycles. The average Bonchev–Trinajstić information content (AvgIpc) is 3.11. The number of aromatic nitrogens is 2. The maximum Gasteiger partial charge on any atom is 0.194 e. The third-order valence-electron chi connectivity index (χ3n) is 5.01. The van der Waals surface area contributed by atoms with Crippen molar-refractivity contribution >= 4 is 11.6 Å². The van der Waals surface area contributed by atoms with Gasteiger partial charge >= 0.3 is 0 Å². The molecule has 1 aromatic heterocycles. The van der Waals surface area contributed by atoms with Gasteiger partial charge in [0.1, 0.15) is 12.4 Å². The first kappa shape index (κ1) is 20.2. The van der Waals surface area contributed by atoms with Gasteiger partial charge in [-0.25, -0.2) is 9.98 Å². The largest absolute Gasteiger partial charge is 0.368 e. The summed E-state index contributed by atoms with van der Waals surface area (Å²) < 4.78 is 2.22. The first-order valence-electron chi connectivity index (χ1n) is 10.4. The van der Waals surface area contributed by atoms with Gasteiger partial charge in [0.2, 0.25) is 0 Å². The van der Waals surface area contributed by atoms with Crippen LogP contribution in [0.4, 0.5) is 5.69 Å². The lowest BCUT2D eigenvalue weighted by Crippen LogP contribution is -2.52. The van der Waals surface area contributed by atoms with Gasteiger partial charge in [0.15, 0.2) is 5.96 Å². The molecule has 0 spiro atoms. The fraction of sp³-hybridized carbons (Fsp3) is 0.545. The summed E-state index contributed by atoms with van der Waals surface area (Å²) in [5.41, 5.74) is 2.63. The molecule has 2 heterocycles. The number of guanidine groups is 1. The van der Waals surface area contributed by atoms with Crippen LogP contribution >= 0.6 is 0 Å². The molecule has 1 N–H and O–H groups in total. The van der Waals surface area contributed by atoms with Crippen LogP contribution in [0, 0.1) is 12.8 Å². The molecule has 28 heavy (non-hydrogen) atoms. The zero-order chi connectivity index (χ0) is 19.9. The Labute approximate surface area is 169 Å².